The van der Waals surface area contributed by atoms with E-state index in [0.717, 1.165) is 12.1 Å². The van der Waals surface area contributed by atoms with Crippen molar-refractivity contribution in [1.82, 2.24) is 0 Å². The lowest BCUT2D eigenvalue weighted by Crippen LogP contribution is -2.17. The van der Waals surface area contributed by atoms with Gasteiger partial charge < -0.3 is 14.8 Å². The minimum Gasteiger partial charge on any atom is -0.490 e. The van der Waals surface area contributed by atoms with Crippen LogP contribution in [0, 0.1) is 0 Å². The minimum absolute atomic E-state index is 0.0741. The number of alkyl halides is 3. The van der Waals surface area contributed by atoms with Crippen molar-refractivity contribution in [3.05, 3.63) is 52.5 Å². The Kier molecular flexibility index (Phi) is 6.37. The molecule has 0 fully saturated rings. The van der Waals surface area contributed by atoms with E-state index in [1.807, 2.05) is 0 Å². The van der Waals surface area contributed by atoms with Crippen molar-refractivity contribution < 1.29 is 27.4 Å². The summed E-state index contributed by atoms with van der Waals surface area (Å²) in [5.74, 6) is 0.0874. The van der Waals surface area contributed by atoms with Crippen molar-refractivity contribution in [1.29, 1.82) is 0 Å². The first-order chi connectivity index (χ1) is 12.3. The predicted octanol–water partition coefficient (Wildman–Crippen LogP) is 5.41. The van der Waals surface area contributed by atoms with Gasteiger partial charge in [-0.3, -0.25) is 4.79 Å². The maximum absolute atomic E-state index is 13.1. The van der Waals surface area contributed by atoms with Crippen molar-refractivity contribution in [2.24, 2.45) is 0 Å². The Labute approximate surface area is 153 Å². The van der Waals surface area contributed by atoms with Crippen molar-refractivity contribution in [3.63, 3.8) is 0 Å². The van der Waals surface area contributed by atoms with E-state index in [0.29, 0.717) is 24.7 Å². The third-order valence-corrected chi connectivity index (χ3v) is 3.58. The van der Waals surface area contributed by atoms with Crippen LogP contribution >= 0.6 is 11.6 Å². The van der Waals surface area contributed by atoms with Crippen LogP contribution in [0.2, 0.25) is 5.02 Å². The summed E-state index contributed by atoms with van der Waals surface area (Å²) in [6, 6.07) is 7.56. The van der Waals surface area contributed by atoms with Crippen LogP contribution in [-0.4, -0.2) is 19.1 Å². The summed E-state index contributed by atoms with van der Waals surface area (Å²) in [5, 5.41) is 2.19. The maximum atomic E-state index is 13.1. The van der Waals surface area contributed by atoms with E-state index >= 15 is 0 Å². The smallest absolute Gasteiger partial charge is 0.418 e. The predicted molar refractivity (Wildman–Crippen MR) is 93.2 cm³/mol. The monoisotopic (exact) mass is 387 g/mol. The fourth-order valence-corrected chi connectivity index (χ4v) is 2.42. The molecule has 1 amide bonds. The molecule has 8 heteroatoms. The molecular weight excluding hydrogens is 371 g/mol. The molecule has 0 saturated heterocycles. The minimum atomic E-state index is -4.65. The number of benzene rings is 2. The lowest BCUT2D eigenvalue weighted by Gasteiger charge is -2.15. The van der Waals surface area contributed by atoms with E-state index in [2.05, 4.69) is 5.32 Å². The van der Waals surface area contributed by atoms with Gasteiger partial charge in [-0.2, -0.15) is 13.2 Å². The average Bonchev–Trinajstić information content (AvgIpc) is 2.57. The summed E-state index contributed by atoms with van der Waals surface area (Å²) < 4.78 is 50.2. The summed E-state index contributed by atoms with van der Waals surface area (Å²) in [4.78, 5) is 12.4. The van der Waals surface area contributed by atoms with E-state index in [9.17, 15) is 18.0 Å². The van der Waals surface area contributed by atoms with Crippen molar-refractivity contribution >= 4 is 23.2 Å². The SMILES string of the molecule is CCOc1ccc(C(=O)Nc2ccc(Cl)cc2C(F)(F)F)cc1OCC. The molecule has 140 valence electrons. The second kappa shape index (κ2) is 8.31. The number of amides is 1. The highest BCUT2D eigenvalue weighted by Crippen LogP contribution is 2.37. The number of carbonyl (C=O) groups excluding carboxylic acids is 1. The molecule has 0 heterocycles. The molecule has 26 heavy (non-hydrogen) atoms. The Morgan fingerprint density at radius 1 is 1.04 bits per heavy atom. The van der Waals surface area contributed by atoms with Gasteiger partial charge in [0.05, 0.1) is 24.5 Å². The van der Waals surface area contributed by atoms with E-state index < -0.39 is 17.6 Å². The first-order valence-electron chi connectivity index (χ1n) is 7.84. The Morgan fingerprint density at radius 3 is 2.31 bits per heavy atom. The van der Waals surface area contributed by atoms with E-state index in [1.165, 1.54) is 24.3 Å². The molecular formula is C18H17ClF3NO3. The summed E-state index contributed by atoms with van der Waals surface area (Å²) >= 11 is 5.64. The molecule has 0 saturated carbocycles. The highest BCUT2D eigenvalue weighted by molar-refractivity contribution is 6.30. The van der Waals surface area contributed by atoms with Crippen molar-refractivity contribution in [2.75, 3.05) is 18.5 Å². The normalized spacial score (nSPS) is 11.2. The molecule has 0 unspecified atom stereocenters. The maximum Gasteiger partial charge on any atom is 0.418 e. The molecule has 2 rings (SSSR count). The third kappa shape index (κ3) is 4.82. The lowest BCUT2D eigenvalue weighted by atomic mass is 10.1. The number of anilines is 1. The summed E-state index contributed by atoms with van der Waals surface area (Å²) in [7, 11) is 0. The van der Waals surface area contributed by atoms with Crippen LogP contribution in [0.25, 0.3) is 0 Å². The second-order valence-electron chi connectivity index (χ2n) is 5.17. The van der Waals surface area contributed by atoms with Gasteiger partial charge in [0.15, 0.2) is 11.5 Å². The van der Waals surface area contributed by atoms with Gasteiger partial charge in [-0.05, 0) is 50.2 Å². The molecule has 2 aromatic carbocycles. The van der Waals surface area contributed by atoms with Crippen LogP contribution in [-0.2, 0) is 6.18 Å². The Balaban J connectivity index is 2.32. The third-order valence-electron chi connectivity index (χ3n) is 3.34. The van der Waals surface area contributed by atoms with Gasteiger partial charge in [0, 0.05) is 10.6 Å². The zero-order valence-corrected chi connectivity index (χ0v) is 14.9. The Morgan fingerprint density at radius 2 is 1.69 bits per heavy atom. The molecule has 0 atom stereocenters. The molecule has 0 spiro atoms. The number of halogens is 4. The number of hydrogen-bond donors (Lipinski definition) is 1. The molecule has 0 radical (unpaired) electrons. The van der Waals surface area contributed by atoms with Crippen molar-refractivity contribution in [2.45, 2.75) is 20.0 Å². The molecule has 0 aliphatic heterocycles. The van der Waals surface area contributed by atoms with Crippen LogP contribution < -0.4 is 14.8 Å². The fraction of sp³-hybridized carbons (Fsp3) is 0.278. The van der Waals surface area contributed by atoms with Gasteiger partial charge in [0.2, 0.25) is 0 Å². The highest BCUT2D eigenvalue weighted by Gasteiger charge is 2.34. The first kappa shape index (κ1) is 19.9. The van der Waals surface area contributed by atoms with Gasteiger partial charge in [0.1, 0.15) is 0 Å². The number of ether oxygens (including phenoxy) is 2. The van der Waals surface area contributed by atoms with Gasteiger partial charge in [-0.25, -0.2) is 0 Å². The van der Waals surface area contributed by atoms with Crippen LogP contribution in [0.3, 0.4) is 0 Å². The van der Waals surface area contributed by atoms with E-state index in [-0.39, 0.29) is 16.3 Å². The molecule has 0 aliphatic carbocycles. The lowest BCUT2D eigenvalue weighted by molar-refractivity contribution is -0.136. The number of nitrogens with one attached hydrogen (secondary N) is 1. The zero-order chi connectivity index (χ0) is 19.3. The molecule has 0 aromatic heterocycles. The molecule has 4 nitrogen and oxygen atoms in total. The number of carbonyl (C=O) groups is 1. The fourth-order valence-electron chi connectivity index (χ4n) is 2.25. The van der Waals surface area contributed by atoms with E-state index in [1.54, 1.807) is 13.8 Å². The van der Waals surface area contributed by atoms with Gasteiger partial charge >= 0.3 is 6.18 Å². The Bertz CT molecular complexity index is 794. The number of hydrogen-bond acceptors (Lipinski definition) is 3. The summed E-state index contributed by atoms with van der Waals surface area (Å²) in [6.45, 7) is 4.33. The summed E-state index contributed by atoms with van der Waals surface area (Å²) in [5.41, 5.74) is -1.26. The van der Waals surface area contributed by atoms with Gasteiger partial charge in [-0.15, -0.1) is 0 Å². The van der Waals surface area contributed by atoms with Gasteiger partial charge in [-0.1, -0.05) is 11.6 Å². The summed E-state index contributed by atoms with van der Waals surface area (Å²) in [6.07, 6.45) is -4.65. The largest absolute Gasteiger partial charge is 0.490 e. The zero-order valence-electron chi connectivity index (χ0n) is 14.1. The molecule has 2 aromatic rings. The van der Waals surface area contributed by atoms with Crippen molar-refractivity contribution in [3.8, 4) is 11.5 Å². The molecule has 0 bridgehead atoms. The Hall–Kier alpha value is -2.41. The second-order valence-corrected chi connectivity index (χ2v) is 5.61. The quantitative estimate of drug-likeness (QED) is 0.721. The standard InChI is InChI=1S/C18H17ClF3NO3/c1-3-25-15-8-5-11(9-16(15)26-4-2)17(24)23-14-7-6-12(19)10-13(14)18(20,21)22/h5-10H,3-4H2,1-2H3,(H,23,24). The molecule has 1 N–H and O–H groups in total. The first-order valence-corrected chi connectivity index (χ1v) is 8.21. The van der Waals surface area contributed by atoms with Crippen LogP contribution in [0.15, 0.2) is 36.4 Å². The topological polar surface area (TPSA) is 47.6 Å². The van der Waals surface area contributed by atoms with Gasteiger partial charge in [0.25, 0.3) is 5.91 Å². The van der Waals surface area contributed by atoms with Crippen LogP contribution in [0.4, 0.5) is 18.9 Å². The van der Waals surface area contributed by atoms with E-state index in [4.69, 9.17) is 21.1 Å². The van der Waals surface area contributed by atoms with Crippen LogP contribution in [0.1, 0.15) is 29.8 Å². The number of rotatable bonds is 6. The molecule has 0 aliphatic rings. The van der Waals surface area contributed by atoms with Crippen LogP contribution in [0.5, 0.6) is 11.5 Å². The average molecular weight is 388 g/mol. The highest BCUT2D eigenvalue weighted by atomic mass is 35.5.